The van der Waals surface area contributed by atoms with Gasteiger partial charge in [0, 0.05) is 0 Å². The average Bonchev–Trinajstić information content (AvgIpc) is 1.86. The van der Waals surface area contributed by atoms with Crippen molar-refractivity contribution in [1.29, 1.82) is 0 Å². The molecular formula is C2H3N2NaS2. The SMILES string of the molecule is Sc1cnns1.[NaH]. The molecule has 1 rings (SSSR count). The van der Waals surface area contributed by atoms with Crippen molar-refractivity contribution >= 4 is 53.7 Å². The summed E-state index contributed by atoms with van der Waals surface area (Å²) in [7, 11) is 0. The second-order valence-electron chi connectivity index (χ2n) is 0.756. The second kappa shape index (κ2) is 3.86. The van der Waals surface area contributed by atoms with Gasteiger partial charge in [0.05, 0.1) is 10.4 Å². The van der Waals surface area contributed by atoms with E-state index in [9.17, 15) is 0 Å². The molecule has 0 N–H and O–H groups in total. The van der Waals surface area contributed by atoms with E-state index in [1.165, 1.54) is 11.5 Å². The van der Waals surface area contributed by atoms with Crippen LogP contribution in [-0.4, -0.2) is 39.1 Å². The molecule has 0 radical (unpaired) electrons. The van der Waals surface area contributed by atoms with Gasteiger partial charge in [0.15, 0.2) is 0 Å². The Bertz CT molecular complexity index is 117. The van der Waals surface area contributed by atoms with Gasteiger partial charge in [-0.15, -0.1) is 17.7 Å². The molecule has 7 heavy (non-hydrogen) atoms. The Hall–Kier alpha value is 0.910. The van der Waals surface area contributed by atoms with Crippen LogP contribution in [0, 0.1) is 0 Å². The maximum atomic E-state index is 3.93. The topological polar surface area (TPSA) is 25.8 Å². The zero-order valence-electron chi connectivity index (χ0n) is 2.83. The minimum atomic E-state index is 0. The number of nitrogens with zero attached hydrogens (tertiary/aromatic N) is 2. The van der Waals surface area contributed by atoms with Crippen molar-refractivity contribution in [3.05, 3.63) is 6.20 Å². The molecule has 0 amide bonds. The first-order valence-electron chi connectivity index (χ1n) is 1.36. The summed E-state index contributed by atoms with van der Waals surface area (Å²) in [6.45, 7) is 0. The van der Waals surface area contributed by atoms with E-state index in [1.807, 2.05) is 0 Å². The standard InChI is InChI=1S/C2H2N2S2.Na.H/c5-2-1-3-4-6-2;;/h1,5H;;. The van der Waals surface area contributed by atoms with Crippen LogP contribution in [0.1, 0.15) is 0 Å². The van der Waals surface area contributed by atoms with Gasteiger partial charge in [-0.1, -0.05) is 4.49 Å². The van der Waals surface area contributed by atoms with Crippen molar-refractivity contribution in [3.8, 4) is 0 Å². The third-order valence-electron chi connectivity index (χ3n) is 0.350. The van der Waals surface area contributed by atoms with Gasteiger partial charge in [-0.25, -0.2) is 0 Å². The molecular weight excluding hydrogens is 139 g/mol. The Labute approximate surface area is 73.2 Å². The van der Waals surface area contributed by atoms with Crippen LogP contribution in [0.25, 0.3) is 0 Å². The van der Waals surface area contributed by atoms with Crippen LogP contribution in [0.5, 0.6) is 0 Å². The van der Waals surface area contributed by atoms with Crippen LogP contribution in [0.4, 0.5) is 0 Å². The molecule has 5 heteroatoms. The molecule has 0 aliphatic carbocycles. The van der Waals surface area contributed by atoms with E-state index in [2.05, 4.69) is 22.2 Å². The number of thiol groups is 1. The zero-order chi connectivity index (χ0) is 4.41. The first-order chi connectivity index (χ1) is 2.89. The summed E-state index contributed by atoms with van der Waals surface area (Å²) in [5.41, 5.74) is 0. The van der Waals surface area contributed by atoms with E-state index in [0.29, 0.717) is 0 Å². The summed E-state index contributed by atoms with van der Waals surface area (Å²) >= 11 is 5.21. The predicted octanol–water partition coefficient (Wildman–Crippen LogP) is 0.178. The van der Waals surface area contributed by atoms with Gasteiger partial charge in [0.25, 0.3) is 0 Å². The first-order valence-corrected chi connectivity index (χ1v) is 2.58. The Morgan fingerprint density at radius 1 is 1.71 bits per heavy atom. The third kappa shape index (κ3) is 2.66. The number of aromatic nitrogens is 2. The zero-order valence-corrected chi connectivity index (χ0v) is 4.54. The molecule has 1 aromatic heterocycles. The molecule has 0 aliphatic heterocycles. The molecule has 0 bridgehead atoms. The number of hydrogen-bond donors (Lipinski definition) is 1. The van der Waals surface area contributed by atoms with Gasteiger partial charge in [0.1, 0.15) is 0 Å². The van der Waals surface area contributed by atoms with Gasteiger partial charge in [-0.2, -0.15) is 0 Å². The summed E-state index contributed by atoms with van der Waals surface area (Å²) in [5, 5.41) is 3.51. The fraction of sp³-hybridized carbons (Fsp3) is 0. The normalized spacial score (nSPS) is 7.57. The van der Waals surface area contributed by atoms with E-state index in [-0.39, 0.29) is 29.6 Å². The van der Waals surface area contributed by atoms with Crippen LogP contribution in [0.3, 0.4) is 0 Å². The van der Waals surface area contributed by atoms with E-state index in [0.717, 1.165) is 4.21 Å². The fourth-order valence-corrected chi connectivity index (χ4v) is 0.595. The van der Waals surface area contributed by atoms with Gasteiger partial charge >= 0.3 is 29.6 Å². The van der Waals surface area contributed by atoms with Crippen molar-refractivity contribution in [2.45, 2.75) is 4.21 Å². The average molecular weight is 142 g/mol. The van der Waals surface area contributed by atoms with Crippen molar-refractivity contribution < 1.29 is 0 Å². The van der Waals surface area contributed by atoms with Gasteiger partial charge in [-0.3, -0.25) is 0 Å². The summed E-state index contributed by atoms with van der Waals surface area (Å²) in [5.74, 6) is 0. The number of rotatable bonds is 0. The summed E-state index contributed by atoms with van der Waals surface area (Å²) in [6.07, 6.45) is 1.60. The first kappa shape index (κ1) is 7.91. The molecule has 0 aromatic carbocycles. The Kier molecular flexibility index (Phi) is 4.36. The fourth-order valence-electron chi connectivity index (χ4n) is 0.162. The van der Waals surface area contributed by atoms with E-state index < -0.39 is 0 Å². The van der Waals surface area contributed by atoms with Crippen molar-refractivity contribution in [2.75, 3.05) is 0 Å². The van der Waals surface area contributed by atoms with Gasteiger partial charge in [0.2, 0.25) is 0 Å². The van der Waals surface area contributed by atoms with Gasteiger partial charge < -0.3 is 0 Å². The van der Waals surface area contributed by atoms with E-state index >= 15 is 0 Å². The van der Waals surface area contributed by atoms with E-state index in [4.69, 9.17) is 0 Å². The Balaban J connectivity index is 0.000000360. The Morgan fingerprint density at radius 3 is 2.57 bits per heavy atom. The molecule has 0 unspecified atom stereocenters. The summed E-state index contributed by atoms with van der Waals surface area (Å²) in [6, 6.07) is 0. The Morgan fingerprint density at radius 2 is 2.43 bits per heavy atom. The summed E-state index contributed by atoms with van der Waals surface area (Å²) < 4.78 is 4.39. The van der Waals surface area contributed by atoms with Crippen LogP contribution >= 0.6 is 24.2 Å². The molecule has 1 aromatic rings. The van der Waals surface area contributed by atoms with E-state index in [1.54, 1.807) is 6.20 Å². The van der Waals surface area contributed by atoms with Crippen LogP contribution < -0.4 is 0 Å². The molecule has 34 valence electrons. The predicted molar refractivity (Wildman–Crippen MR) is 34.3 cm³/mol. The second-order valence-corrected chi connectivity index (χ2v) is 2.33. The monoisotopic (exact) mass is 142 g/mol. The van der Waals surface area contributed by atoms with Crippen molar-refractivity contribution in [3.63, 3.8) is 0 Å². The molecule has 0 atom stereocenters. The number of hydrogen-bond acceptors (Lipinski definition) is 4. The van der Waals surface area contributed by atoms with Crippen molar-refractivity contribution in [1.82, 2.24) is 9.59 Å². The molecule has 0 fully saturated rings. The molecule has 2 nitrogen and oxygen atoms in total. The van der Waals surface area contributed by atoms with Crippen molar-refractivity contribution in [2.24, 2.45) is 0 Å². The quantitative estimate of drug-likeness (QED) is 0.413. The van der Waals surface area contributed by atoms with Gasteiger partial charge in [-0.05, 0) is 11.5 Å². The molecule has 0 spiro atoms. The molecule has 0 saturated heterocycles. The molecule has 0 saturated carbocycles. The summed E-state index contributed by atoms with van der Waals surface area (Å²) in [4.78, 5) is 0. The minimum absolute atomic E-state index is 0. The molecule has 0 aliphatic rings. The molecule has 1 heterocycles. The maximum absolute atomic E-state index is 3.93. The third-order valence-corrected chi connectivity index (χ3v) is 1.18. The van der Waals surface area contributed by atoms with Crippen LogP contribution in [0.15, 0.2) is 10.4 Å². The van der Waals surface area contributed by atoms with Crippen LogP contribution in [-0.2, 0) is 0 Å². The van der Waals surface area contributed by atoms with Crippen LogP contribution in [0.2, 0.25) is 0 Å².